The number of Topliss-reactive ketones (excluding diaryl/α,β-unsaturated/α-hetero) is 1. The number of carbonyl (C=O) groups excluding carboxylic acids is 1. The summed E-state index contributed by atoms with van der Waals surface area (Å²) in [5, 5.41) is 0.231. The second-order valence-electron chi connectivity index (χ2n) is 6.20. The Morgan fingerprint density at radius 1 is 1.29 bits per heavy atom. The summed E-state index contributed by atoms with van der Waals surface area (Å²) in [5.41, 5.74) is -0.153. The van der Waals surface area contributed by atoms with E-state index in [4.69, 9.17) is 4.43 Å². The zero-order valence-electron chi connectivity index (χ0n) is 10.2. The van der Waals surface area contributed by atoms with E-state index in [1.165, 1.54) is 0 Å². The van der Waals surface area contributed by atoms with E-state index in [1.54, 1.807) is 0 Å². The third kappa shape index (κ3) is 2.26. The van der Waals surface area contributed by atoms with E-state index >= 15 is 0 Å². The summed E-state index contributed by atoms with van der Waals surface area (Å²) in [7, 11) is -1.69. The Hall–Kier alpha value is -0.153. The van der Waals surface area contributed by atoms with E-state index < -0.39 is 8.32 Å². The van der Waals surface area contributed by atoms with Crippen molar-refractivity contribution in [2.75, 3.05) is 0 Å². The molecule has 0 aromatic rings. The lowest BCUT2D eigenvalue weighted by atomic mass is 9.81. The van der Waals surface area contributed by atoms with Gasteiger partial charge in [0.1, 0.15) is 5.78 Å². The summed E-state index contributed by atoms with van der Waals surface area (Å²) in [6.07, 6.45) is 1.22. The minimum atomic E-state index is -1.69. The monoisotopic (exact) mass is 214 g/mol. The molecule has 0 atom stereocenters. The molecule has 0 saturated heterocycles. The molecular formula is C11H22O2Si. The van der Waals surface area contributed by atoms with Crippen LogP contribution in [0.1, 0.15) is 40.5 Å². The van der Waals surface area contributed by atoms with Gasteiger partial charge in [-0.15, -0.1) is 0 Å². The van der Waals surface area contributed by atoms with Crippen LogP contribution in [0.25, 0.3) is 0 Å². The predicted octanol–water partition coefficient (Wildman–Crippen LogP) is 3.13. The molecule has 2 nitrogen and oxygen atoms in total. The van der Waals surface area contributed by atoms with Crippen LogP contribution in [0.15, 0.2) is 0 Å². The van der Waals surface area contributed by atoms with Crippen molar-refractivity contribution < 1.29 is 9.22 Å². The molecule has 0 unspecified atom stereocenters. The molecule has 82 valence electrons. The summed E-state index contributed by atoms with van der Waals surface area (Å²) >= 11 is 0. The Kier molecular flexibility index (Phi) is 2.70. The summed E-state index contributed by atoms with van der Waals surface area (Å²) < 4.78 is 6.21. The van der Waals surface area contributed by atoms with E-state index in [0.717, 1.165) is 0 Å². The van der Waals surface area contributed by atoms with Gasteiger partial charge in [-0.2, -0.15) is 0 Å². The Bertz CT molecular complexity index is 243. The van der Waals surface area contributed by atoms with Crippen LogP contribution in [-0.2, 0) is 9.22 Å². The fourth-order valence-corrected chi connectivity index (χ4v) is 3.31. The van der Waals surface area contributed by atoms with Crippen molar-refractivity contribution in [2.45, 2.75) is 64.3 Å². The Balaban J connectivity index is 2.64. The zero-order valence-corrected chi connectivity index (χ0v) is 11.2. The van der Waals surface area contributed by atoms with Crippen LogP contribution in [-0.4, -0.2) is 19.7 Å². The lowest BCUT2D eigenvalue weighted by molar-refractivity contribution is -0.138. The topological polar surface area (TPSA) is 26.3 Å². The number of hydrogen-bond acceptors (Lipinski definition) is 2. The third-order valence-corrected chi connectivity index (χ3v) is 8.07. The highest BCUT2D eigenvalue weighted by molar-refractivity contribution is 6.74. The van der Waals surface area contributed by atoms with Crippen LogP contribution >= 0.6 is 0 Å². The highest BCUT2D eigenvalue weighted by Gasteiger charge is 2.48. The fraction of sp³-hybridized carbons (Fsp3) is 0.909. The molecule has 1 aliphatic carbocycles. The van der Waals surface area contributed by atoms with Gasteiger partial charge in [-0.3, -0.25) is 4.79 Å². The Labute approximate surface area is 88.2 Å². The van der Waals surface area contributed by atoms with Crippen molar-refractivity contribution in [1.29, 1.82) is 0 Å². The standard InChI is InChI=1S/C11H22O2Si/c1-10(2,3)14(5,6)13-11(4)7-9(12)8-11/h7-8H2,1-6H3. The first-order valence-corrected chi connectivity index (χ1v) is 8.18. The maximum absolute atomic E-state index is 11.0. The van der Waals surface area contributed by atoms with Crippen molar-refractivity contribution in [2.24, 2.45) is 0 Å². The molecule has 0 bridgehead atoms. The van der Waals surface area contributed by atoms with Crippen molar-refractivity contribution >= 4 is 14.1 Å². The van der Waals surface area contributed by atoms with Gasteiger partial charge in [-0.25, -0.2) is 0 Å². The van der Waals surface area contributed by atoms with E-state index in [-0.39, 0.29) is 10.6 Å². The van der Waals surface area contributed by atoms with Crippen molar-refractivity contribution in [3.05, 3.63) is 0 Å². The first-order chi connectivity index (χ1) is 6.06. The van der Waals surface area contributed by atoms with Crippen molar-refractivity contribution in [1.82, 2.24) is 0 Å². The van der Waals surface area contributed by atoms with Gasteiger partial charge >= 0.3 is 0 Å². The highest BCUT2D eigenvalue weighted by atomic mass is 28.4. The molecule has 0 aromatic heterocycles. The molecular weight excluding hydrogens is 192 g/mol. The first-order valence-electron chi connectivity index (χ1n) is 5.28. The molecule has 0 N–H and O–H groups in total. The molecule has 0 heterocycles. The predicted molar refractivity (Wildman–Crippen MR) is 60.9 cm³/mol. The average molecular weight is 214 g/mol. The summed E-state index contributed by atoms with van der Waals surface area (Å²) in [6, 6.07) is 0. The van der Waals surface area contributed by atoms with Crippen LogP contribution in [0.4, 0.5) is 0 Å². The number of carbonyl (C=O) groups is 1. The largest absolute Gasteiger partial charge is 0.411 e. The van der Waals surface area contributed by atoms with E-state index in [2.05, 4.69) is 40.8 Å². The summed E-state index contributed by atoms with van der Waals surface area (Å²) in [5.74, 6) is 0.339. The lowest BCUT2D eigenvalue weighted by Crippen LogP contribution is -2.54. The molecule has 14 heavy (non-hydrogen) atoms. The van der Waals surface area contributed by atoms with Gasteiger partial charge in [0.05, 0.1) is 5.60 Å². The highest BCUT2D eigenvalue weighted by Crippen LogP contribution is 2.43. The molecule has 0 amide bonds. The third-order valence-electron chi connectivity index (χ3n) is 3.45. The van der Waals surface area contributed by atoms with E-state index in [0.29, 0.717) is 18.6 Å². The Morgan fingerprint density at radius 2 is 1.71 bits per heavy atom. The maximum Gasteiger partial charge on any atom is 0.192 e. The minimum absolute atomic E-state index is 0.153. The molecule has 0 aliphatic heterocycles. The minimum Gasteiger partial charge on any atom is -0.411 e. The van der Waals surface area contributed by atoms with Crippen molar-refractivity contribution in [3.63, 3.8) is 0 Å². The normalized spacial score (nSPS) is 22.0. The summed E-state index contributed by atoms with van der Waals surface area (Å²) in [6.45, 7) is 13.2. The van der Waals surface area contributed by atoms with Gasteiger partial charge in [-0.05, 0) is 25.1 Å². The molecule has 1 saturated carbocycles. The molecule has 1 fully saturated rings. The number of rotatable bonds is 2. The Morgan fingerprint density at radius 3 is 2.00 bits per heavy atom. The average Bonchev–Trinajstić information content (AvgIpc) is 1.78. The van der Waals surface area contributed by atoms with Crippen LogP contribution in [0.5, 0.6) is 0 Å². The van der Waals surface area contributed by atoms with Crippen LogP contribution in [0.3, 0.4) is 0 Å². The molecule has 0 radical (unpaired) electrons. The van der Waals surface area contributed by atoms with Gasteiger partial charge in [0.2, 0.25) is 0 Å². The quantitative estimate of drug-likeness (QED) is 0.660. The second kappa shape index (κ2) is 3.17. The maximum atomic E-state index is 11.0. The van der Waals surface area contributed by atoms with Crippen LogP contribution < -0.4 is 0 Å². The molecule has 0 spiro atoms. The molecule has 1 rings (SSSR count). The number of hydrogen-bond donors (Lipinski definition) is 0. The van der Waals surface area contributed by atoms with Crippen molar-refractivity contribution in [3.8, 4) is 0 Å². The summed E-state index contributed by atoms with van der Waals surface area (Å²) in [4.78, 5) is 11.0. The van der Waals surface area contributed by atoms with Gasteiger partial charge in [0, 0.05) is 12.8 Å². The molecule has 1 aliphatic rings. The van der Waals surface area contributed by atoms with E-state index in [9.17, 15) is 4.79 Å². The zero-order chi connectivity index (χ0) is 11.2. The number of ketones is 1. The lowest BCUT2D eigenvalue weighted by Gasteiger charge is -2.47. The fourth-order valence-electron chi connectivity index (χ4n) is 1.62. The van der Waals surface area contributed by atoms with Gasteiger partial charge in [-0.1, -0.05) is 20.8 Å². The first kappa shape index (κ1) is 11.9. The van der Waals surface area contributed by atoms with Crippen LogP contribution in [0.2, 0.25) is 18.1 Å². The molecule has 3 heteroatoms. The molecule has 0 aromatic carbocycles. The SMILES string of the molecule is CC1(O[Si](C)(C)C(C)(C)C)CC(=O)C1. The second-order valence-corrected chi connectivity index (χ2v) is 10.9. The van der Waals surface area contributed by atoms with Crippen LogP contribution in [0, 0.1) is 0 Å². The van der Waals surface area contributed by atoms with Gasteiger partial charge < -0.3 is 4.43 Å². The van der Waals surface area contributed by atoms with Gasteiger partial charge in [0.25, 0.3) is 0 Å². The van der Waals surface area contributed by atoms with Gasteiger partial charge in [0.15, 0.2) is 8.32 Å². The smallest absolute Gasteiger partial charge is 0.192 e. The van der Waals surface area contributed by atoms with E-state index in [1.807, 2.05) is 0 Å².